The second-order valence-corrected chi connectivity index (χ2v) is 4.27. The molecule has 1 aromatic heterocycles. The van der Waals surface area contributed by atoms with Gasteiger partial charge in [-0.25, -0.2) is 9.97 Å². The van der Waals surface area contributed by atoms with E-state index in [0.29, 0.717) is 12.0 Å². The number of rotatable bonds is 5. The number of nitrogens with zero attached hydrogens (tertiary/aromatic N) is 3. The van der Waals surface area contributed by atoms with Crippen LogP contribution in [0.5, 0.6) is 0 Å². The maximum atomic E-state index is 4.59. The van der Waals surface area contributed by atoms with E-state index >= 15 is 0 Å². The number of aromatic nitrogens is 2. The molecule has 0 bridgehead atoms. The van der Waals surface area contributed by atoms with Gasteiger partial charge in [-0.05, 0) is 26.5 Å². The Balaban J connectivity index is 2.96. The molecule has 2 unspecified atom stereocenters. The lowest BCUT2D eigenvalue weighted by atomic mass is 9.94. The van der Waals surface area contributed by atoms with Gasteiger partial charge in [-0.2, -0.15) is 0 Å². The first-order valence-electron chi connectivity index (χ1n) is 5.77. The van der Waals surface area contributed by atoms with Crippen LogP contribution in [0.25, 0.3) is 0 Å². The Kier molecular flexibility index (Phi) is 4.68. The van der Waals surface area contributed by atoms with Crippen LogP contribution in [-0.4, -0.2) is 37.2 Å². The Morgan fingerprint density at radius 2 is 2.12 bits per heavy atom. The monoisotopic (exact) mass is 222 g/mol. The first-order valence-corrected chi connectivity index (χ1v) is 5.77. The molecule has 0 amide bonds. The average molecular weight is 222 g/mol. The summed E-state index contributed by atoms with van der Waals surface area (Å²) in [7, 11) is 5.91. The second kappa shape index (κ2) is 5.80. The molecule has 1 heterocycles. The fourth-order valence-electron chi connectivity index (χ4n) is 1.80. The predicted octanol–water partition coefficient (Wildman–Crippen LogP) is 1.64. The van der Waals surface area contributed by atoms with Gasteiger partial charge in [0.2, 0.25) is 5.95 Å². The summed E-state index contributed by atoms with van der Waals surface area (Å²) in [5, 5.41) is 3.29. The van der Waals surface area contributed by atoms with E-state index in [1.165, 1.54) is 0 Å². The fourth-order valence-corrected chi connectivity index (χ4v) is 1.80. The largest absolute Gasteiger partial charge is 0.347 e. The molecule has 1 N–H and O–H groups in total. The van der Waals surface area contributed by atoms with E-state index in [9.17, 15) is 0 Å². The molecule has 1 aromatic rings. The SMILES string of the molecule is CCC(c1ccnc(N(C)C)n1)C(C)NC. The molecule has 4 nitrogen and oxygen atoms in total. The number of hydrogen-bond donors (Lipinski definition) is 1. The Morgan fingerprint density at radius 1 is 1.44 bits per heavy atom. The summed E-state index contributed by atoms with van der Waals surface area (Å²) < 4.78 is 0. The van der Waals surface area contributed by atoms with Crippen LogP contribution in [0, 0.1) is 0 Å². The molecule has 16 heavy (non-hydrogen) atoms. The number of hydrogen-bond acceptors (Lipinski definition) is 4. The van der Waals surface area contributed by atoms with Crippen molar-refractivity contribution >= 4 is 5.95 Å². The Bertz CT molecular complexity index is 325. The molecule has 0 saturated heterocycles. The van der Waals surface area contributed by atoms with E-state index in [2.05, 4.69) is 29.1 Å². The first kappa shape index (κ1) is 12.9. The van der Waals surface area contributed by atoms with E-state index in [4.69, 9.17) is 0 Å². The third kappa shape index (κ3) is 2.92. The van der Waals surface area contributed by atoms with Crippen LogP contribution in [-0.2, 0) is 0 Å². The maximum absolute atomic E-state index is 4.59. The van der Waals surface area contributed by atoms with Crippen molar-refractivity contribution in [2.45, 2.75) is 32.2 Å². The summed E-state index contributed by atoms with van der Waals surface area (Å²) >= 11 is 0. The van der Waals surface area contributed by atoms with Crippen molar-refractivity contribution in [3.63, 3.8) is 0 Å². The third-order valence-electron chi connectivity index (χ3n) is 2.94. The lowest BCUT2D eigenvalue weighted by molar-refractivity contribution is 0.473. The summed E-state index contributed by atoms with van der Waals surface area (Å²) in [6, 6.07) is 2.43. The molecule has 90 valence electrons. The summed E-state index contributed by atoms with van der Waals surface area (Å²) in [6.07, 6.45) is 2.91. The molecule has 0 radical (unpaired) electrons. The molecule has 0 fully saturated rings. The van der Waals surface area contributed by atoms with E-state index in [1.54, 1.807) is 0 Å². The van der Waals surface area contributed by atoms with Crippen molar-refractivity contribution in [2.75, 3.05) is 26.0 Å². The molecule has 0 aromatic carbocycles. The Morgan fingerprint density at radius 3 is 2.62 bits per heavy atom. The highest BCUT2D eigenvalue weighted by atomic mass is 15.2. The normalized spacial score (nSPS) is 14.6. The van der Waals surface area contributed by atoms with Crippen molar-refractivity contribution in [2.24, 2.45) is 0 Å². The summed E-state index contributed by atoms with van der Waals surface area (Å²) in [6.45, 7) is 4.38. The first-order chi connectivity index (χ1) is 7.60. The molecule has 0 aliphatic heterocycles. The topological polar surface area (TPSA) is 41.1 Å². The van der Waals surface area contributed by atoms with Gasteiger partial charge >= 0.3 is 0 Å². The smallest absolute Gasteiger partial charge is 0.224 e. The van der Waals surface area contributed by atoms with Crippen LogP contribution < -0.4 is 10.2 Å². The molecule has 0 spiro atoms. The average Bonchev–Trinajstić information content (AvgIpc) is 2.30. The van der Waals surface area contributed by atoms with Crippen molar-refractivity contribution < 1.29 is 0 Å². The van der Waals surface area contributed by atoms with Crippen LogP contribution >= 0.6 is 0 Å². The van der Waals surface area contributed by atoms with E-state index in [0.717, 1.165) is 18.1 Å². The van der Waals surface area contributed by atoms with Crippen LogP contribution in [0.4, 0.5) is 5.95 Å². The fraction of sp³-hybridized carbons (Fsp3) is 0.667. The van der Waals surface area contributed by atoms with E-state index in [-0.39, 0.29) is 0 Å². The van der Waals surface area contributed by atoms with Crippen LogP contribution in [0.1, 0.15) is 31.9 Å². The molecular weight excluding hydrogens is 200 g/mol. The highest BCUT2D eigenvalue weighted by Gasteiger charge is 2.18. The molecule has 4 heteroatoms. The maximum Gasteiger partial charge on any atom is 0.224 e. The minimum absolute atomic E-state index is 0.426. The molecule has 2 atom stereocenters. The molecule has 0 aliphatic rings. The number of anilines is 1. The van der Waals surface area contributed by atoms with Gasteiger partial charge in [-0.1, -0.05) is 6.92 Å². The highest BCUT2D eigenvalue weighted by molar-refractivity contribution is 5.28. The highest BCUT2D eigenvalue weighted by Crippen LogP contribution is 2.22. The summed E-state index contributed by atoms with van der Waals surface area (Å²) in [5.74, 6) is 1.21. The van der Waals surface area contributed by atoms with Crippen LogP contribution in [0.3, 0.4) is 0 Å². The van der Waals surface area contributed by atoms with Crippen molar-refractivity contribution in [3.8, 4) is 0 Å². The molecule has 1 rings (SSSR count). The third-order valence-corrected chi connectivity index (χ3v) is 2.94. The zero-order valence-corrected chi connectivity index (χ0v) is 10.9. The number of likely N-dealkylation sites (N-methyl/N-ethyl adjacent to an activating group) is 1. The molecule has 0 aliphatic carbocycles. The molecular formula is C12H22N4. The van der Waals surface area contributed by atoms with E-state index in [1.807, 2.05) is 38.3 Å². The van der Waals surface area contributed by atoms with Crippen molar-refractivity contribution in [1.29, 1.82) is 0 Å². The van der Waals surface area contributed by atoms with E-state index < -0.39 is 0 Å². The lowest BCUT2D eigenvalue weighted by Crippen LogP contribution is -2.29. The van der Waals surface area contributed by atoms with Crippen LogP contribution in [0.15, 0.2) is 12.3 Å². The zero-order chi connectivity index (χ0) is 12.1. The van der Waals surface area contributed by atoms with Gasteiger partial charge < -0.3 is 10.2 Å². The Hall–Kier alpha value is -1.16. The quantitative estimate of drug-likeness (QED) is 0.822. The van der Waals surface area contributed by atoms with Crippen LogP contribution in [0.2, 0.25) is 0 Å². The van der Waals surface area contributed by atoms with Gasteiger partial charge in [0.25, 0.3) is 0 Å². The van der Waals surface area contributed by atoms with Crippen molar-refractivity contribution in [3.05, 3.63) is 18.0 Å². The zero-order valence-electron chi connectivity index (χ0n) is 10.9. The Labute approximate surface area is 98.1 Å². The lowest BCUT2D eigenvalue weighted by Gasteiger charge is -2.22. The van der Waals surface area contributed by atoms with Gasteiger partial charge in [-0.3, -0.25) is 0 Å². The summed E-state index contributed by atoms with van der Waals surface area (Å²) in [4.78, 5) is 10.8. The molecule has 0 saturated carbocycles. The minimum Gasteiger partial charge on any atom is -0.347 e. The predicted molar refractivity (Wildman–Crippen MR) is 67.9 cm³/mol. The second-order valence-electron chi connectivity index (χ2n) is 4.27. The van der Waals surface area contributed by atoms with Gasteiger partial charge in [0.15, 0.2) is 0 Å². The number of nitrogens with one attached hydrogen (secondary N) is 1. The summed E-state index contributed by atoms with van der Waals surface area (Å²) in [5.41, 5.74) is 1.11. The van der Waals surface area contributed by atoms with Gasteiger partial charge in [0, 0.05) is 32.3 Å². The minimum atomic E-state index is 0.426. The standard InChI is InChI=1S/C12H22N4/c1-6-10(9(2)13-3)11-7-8-14-12(15-11)16(4)5/h7-10,13H,6H2,1-5H3. The van der Waals surface area contributed by atoms with Gasteiger partial charge in [0.1, 0.15) is 0 Å². The van der Waals surface area contributed by atoms with Gasteiger partial charge in [-0.15, -0.1) is 0 Å². The van der Waals surface area contributed by atoms with Gasteiger partial charge in [0.05, 0.1) is 5.69 Å². The van der Waals surface area contributed by atoms with Crippen molar-refractivity contribution in [1.82, 2.24) is 15.3 Å².